The summed E-state index contributed by atoms with van der Waals surface area (Å²) in [6, 6.07) is 11.1. The molecule has 0 saturated heterocycles. The molecule has 2 heteroatoms. The van der Waals surface area contributed by atoms with Crippen LogP contribution in [0.25, 0.3) is 11.1 Å². The maximum Gasteiger partial charge on any atom is 0.115 e. The third kappa shape index (κ3) is 1.47. The molecule has 2 aliphatic rings. The van der Waals surface area contributed by atoms with Crippen LogP contribution in [0.5, 0.6) is 11.5 Å². The molecule has 0 fully saturated rings. The lowest BCUT2D eigenvalue weighted by Gasteiger charge is -2.24. The van der Waals surface area contributed by atoms with E-state index >= 15 is 0 Å². The van der Waals surface area contributed by atoms with E-state index in [0.29, 0.717) is 0 Å². The van der Waals surface area contributed by atoms with Crippen molar-refractivity contribution in [3.63, 3.8) is 0 Å². The van der Waals surface area contributed by atoms with Crippen LogP contribution in [-0.2, 0) is 5.41 Å². The van der Waals surface area contributed by atoms with Crippen LogP contribution in [0.3, 0.4) is 0 Å². The van der Waals surface area contributed by atoms with Crippen molar-refractivity contribution in [2.45, 2.75) is 19.3 Å². The second-order valence-electron chi connectivity index (χ2n) is 5.98. The van der Waals surface area contributed by atoms with E-state index in [0.717, 1.165) is 22.3 Å². The highest BCUT2D eigenvalue weighted by Crippen LogP contribution is 2.53. The van der Waals surface area contributed by atoms with E-state index in [1.165, 1.54) is 11.1 Å². The van der Waals surface area contributed by atoms with Crippen molar-refractivity contribution in [1.29, 1.82) is 0 Å². The van der Waals surface area contributed by atoms with Gasteiger partial charge in [0.25, 0.3) is 0 Å². The number of phenolic OH excluding ortho intramolecular Hbond substituents is 2. The molecule has 0 amide bonds. The number of fused-ring (bicyclic) bond motifs is 4. The standard InChI is InChI=1S/C19H16O2/c1-11-9-19(17-7-13(20)3-5-15(11)17)10-12(2)16-6-4-14(21)8-18(16)19/h3-10,20-21H,1-2H3. The summed E-state index contributed by atoms with van der Waals surface area (Å²) in [7, 11) is 0. The zero-order valence-corrected chi connectivity index (χ0v) is 12.0. The fourth-order valence-corrected chi connectivity index (χ4v) is 3.77. The van der Waals surface area contributed by atoms with Crippen molar-refractivity contribution in [2.24, 2.45) is 0 Å². The lowest BCUT2D eigenvalue weighted by Crippen LogP contribution is -2.18. The minimum absolute atomic E-state index is 0.274. The quantitative estimate of drug-likeness (QED) is 0.756. The van der Waals surface area contributed by atoms with Crippen molar-refractivity contribution in [1.82, 2.24) is 0 Å². The lowest BCUT2D eigenvalue weighted by atomic mass is 9.78. The van der Waals surface area contributed by atoms with Crippen molar-refractivity contribution in [3.05, 3.63) is 70.8 Å². The number of benzene rings is 2. The maximum absolute atomic E-state index is 9.90. The highest BCUT2D eigenvalue weighted by Gasteiger charge is 2.42. The maximum atomic E-state index is 9.90. The molecule has 0 unspecified atom stereocenters. The number of hydrogen-bond acceptors (Lipinski definition) is 2. The first-order valence-corrected chi connectivity index (χ1v) is 7.08. The van der Waals surface area contributed by atoms with Gasteiger partial charge >= 0.3 is 0 Å². The van der Waals surface area contributed by atoms with E-state index < -0.39 is 0 Å². The second kappa shape index (κ2) is 3.79. The fourth-order valence-electron chi connectivity index (χ4n) is 3.77. The van der Waals surface area contributed by atoms with Gasteiger partial charge in [0.1, 0.15) is 11.5 Å². The Kier molecular flexibility index (Phi) is 2.22. The largest absolute Gasteiger partial charge is 0.508 e. The van der Waals surface area contributed by atoms with Crippen LogP contribution in [-0.4, -0.2) is 10.2 Å². The van der Waals surface area contributed by atoms with Gasteiger partial charge in [-0.15, -0.1) is 0 Å². The van der Waals surface area contributed by atoms with Crippen LogP contribution < -0.4 is 0 Å². The van der Waals surface area contributed by atoms with Gasteiger partial charge in [-0.25, -0.2) is 0 Å². The van der Waals surface area contributed by atoms with E-state index in [2.05, 4.69) is 26.0 Å². The number of aromatic hydroxyl groups is 2. The molecule has 0 radical (unpaired) electrons. The normalized spacial score (nSPS) is 17.4. The average molecular weight is 276 g/mol. The Hall–Kier alpha value is -2.48. The molecule has 0 aliphatic heterocycles. The monoisotopic (exact) mass is 276 g/mol. The van der Waals surface area contributed by atoms with E-state index in [9.17, 15) is 10.2 Å². The Labute approximate surface area is 123 Å². The predicted octanol–water partition coefficient (Wildman–Crippen LogP) is 4.22. The first kappa shape index (κ1) is 12.3. The summed E-state index contributed by atoms with van der Waals surface area (Å²) in [5.74, 6) is 0.548. The van der Waals surface area contributed by atoms with Crippen LogP contribution in [0.1, 0.15) is 36.1 Å². The van der Waals surface area contributed by atoms with Crippen LogP contribution >= 0.6 is 0 Å². The number of allylic oxidation sites excluding steroid dienone is 4. The zero-order chi connectivity index (χ0) is 14.8. The van der Waals surface area contributed by atoms with Crippen LogP contribution in [0.4, 0.5) is 0 Å². The van der Waals surface area contributed by atoms with Crippen molar-refractivity contribution in [2.75, 3.05) is 0 Å². The average Bonchev–Trinajstić information content (AvgIpc) is 2.86. The topological polar surface area (TPSA) is 40.5 Å². The van der Waals surface area contributed by atoms with Gasteiger partial charge in [0.05, 0.1) is 5.41 Å². The van der Waals surface area contributed by atoms with Crippen LogP contribution in [0.2, 0.25) is 0 Å². The smallest absolute Gasteiger partial charge is 0.115 e. The molecule has 0 atom stereocenters. The number of phenols is 2. The Bertz CT molecular complexity index is 769. The molecule has 0 saturated carbocycles. The first-order valence-electron chi connectivity index (χ1n) is 7.08. The Morgan fingerprint density at radius 1 is 0.714 bits per heavy atom. The van der Waals surface area contributed by atoms with Gasteiger partial charge in [0.15, 0.2) is 0 Å². The molecule has 2 aliphatic carbocycles. The number of rotatable bonds is 0. The highest BCUT2D eigenvalue weighted by molar-refractivity contribution is 5.88. The molecule has 21 heavy (non-hydrogen) atoms. The summed E-state index contributed by atoms with van der Waals surface area (Å²) in [6.07, 6.45) is 4.46. The summed E-state index contributed by atoms with van der Waals surface area (Å²) >= 11 is 0. The molecule has 0 heterocycles. The fraction of sp³-hybridized carbons (Fsp3) is 0.158. The molecule has 4 rings (SSSR count). The Morgan fingerprint density at radius 2 is 1.14 bits per heavy atom. The van der Waals surface area contributed by atoms with Gasteiger partial charge in [-0.1, -0.05) is 24.3 Å². The third-order valence-electron chi connectivity index (χ3n) is 4.64. The molecule has 104 valence electrons. The van der Waals surface area contributed by atoms with Gasteiger partial charge in [-0.05, 0) is 71.5 Å². The van der Waals surface area contributed by atoms with Crippen molar-refractivity contribution < 1.29 is 10.2 Å². The predicted molar refractivity (Wildman–Crippen MR) is 84.3 cm³/mol. The zero-order valence-electron chi connectivity index (χ0n) is 12.0. The molecular weight excluding hydrogens is 260 g/mol. The van der Waals surface area contributed by atoms with Gasteiger partial charge in [-0.2, -0.15) is 0 Å². The second-order valence-corrected chi connectivity index (χ2v) is 5.98. The van der Waals surface area contributed by atoms with Crippen LogP contribution in [0.15, 0.2) is 48.6 Å². The van der Waals surface area contributed by atoms with Crippen molar-refractivity contribution in [3.8, 4) is 11.5 Å². The van der Waals surface area contributed by atoms with Gasteiger partial charge < -0.3 is 10.2 Å². The van der Waals surface area contributed by atoms with Gasteiger partial charge in [-0.3, -0.25) is 0 Å². The molecule has 0 aromatic heterocycles. The molecule has 2 N–H and O–H groups in total. The van der Waals surface area contributed by atoms with E-state index in [1.807, 2.05) is 24.3 Å². The van der Waals surface area contributed by atoms with E-state index in [1.54, 1.807) is 12.1 Å². The minimum Gasteiger partial charge on any atom is -0.508 e. The summed E-state index contributed by atoms with van der Waals surface area (Å²) in [5.41, 5.74) is 6.53. The highest BCUT2D eigenvalue weighted by atomic mass is 16.3. The van der Waals surface area contributed by atoms with E-state index in [4.69, 9.17) is 0 Å². The van der Waals surface area contributed by atoms with Crippen molar-refractivity contribution >= 4 is 11.1 Å². The molecule has 2 nitrogen and oxygen atoms in total. The Balaban J connectivity index is 2.09. The summed E-state index contributed by atoms with van der Waals surface area (Å²) in [5, 5.41) is 19.8. The number of hydrogen-bond donors (Lipinski definition) is 2. The molecular formula is C19H16O2. The molecule has 2 aromatic carbocycles. The molecule has 2 aromatic rings. The molecule has 0 bridgehead atoms. The minimum atomic E-state index is -0.365. The summed E-state index contributed by atoms with van der Waals surface area (Å²) in [4.78, 5) is 0. The lowest BCUT2D eigenvalue weighted by molar-refractivity contribution is 0.473. The van der Waals surface area contributed by atoms with Gasteiger partial charge in [0, 0.05) is 0 Å². The molecule has 1 spiro atoms. The van der Waals surface area contributed by atoms with E-state index in [-0.39, 0.29) is 16.9 Å². The Morgan fingerprint density at radius 3 is 1.57 bits per heavy atom. The first-order chi connectivity index (χ1) is 10.0. The third-order valence-corrected chi connectivity index (χ3v) is 4.64. The summed E-state index contributed by atoms with van der Waals surface area (Å²) in [6.45, 7) is 4.18. The van der Waals surface area contributed by atoms with Gasteiger partial charge in [0.2, 0.25) is 0 Å². The SMILES string of the molecule is CC1=CC2(C=C(C)c3ccc(O)cc32)c2cc(O)ccc21. The van der Waals surface area contributed by atoms with Crippen LogP contribution in [0, 0.1) is 0 Å². The summed E-state index contributed by atoms with van der Waals surface area (Å²) < 4.78 is 0.